The van der Waals surface area contributed by atoms with Crippen molar-refractivity contribution in [3.05, 3.63) is 0 Å². The Morgan fingerprint density at radius 1 is 1.50 bits per heavy atom. The van der Waals surface area contributed by atoms with Gasteiger partial charge in [-0.15, -0.1) is 0 Å². The smallest absolute Gasteiger partial charge is 0.155 e. The van der Waals surface area contributed by atoms with Crippen molar-refractivity contribution < 1.29 is 13.6 Å². The minimum Gasteiger partial charge on any atom is -0.411 e. The molecule has 0 aliphatic heterocycles. The molecule has 0 heterocycles. The van der Waals surface area contributed by atoms with Crippen LogP contribution in [0.5, 0.6) is 0 Å². The standard InChI is InChI=1S/C7H13NO3S/c1-12(10,11)7-5-3-2-4-6(7)8-9/h7,9H,2-5H2,1H3/b8-6-. The summed E-state index contributed by atoms with van der Waals surface area (Å²) >= 11 is 0. The van der Waals surface area contributed by atoms with Gasteiger partial charge in [-0.1, -0.05) is 11.6 Å². The van der Waals surface area contributed by atoms with E-state index in [0.29, 0.717) is 18.6 Å². The summed E-state index contributed by atoms with van der Waals surface area (Å²) < 4.78 is 22.3. The maximum Gasteiger partial charge on any atom is 0.155 e. The number of oxime groups is 1. The third-order valence-electron chi connectivity index (χ3n) is 2.17. The van der Waals surface area contributed by atoms with Gasteiger partial charge in [0.15, 0.2) is 9.84 Å². The van der Waals surface area contributed by atoms with E-state index in [1.165, 1.54) is 6.26 Å². The van der Waals surface area contributed by atoms with Crippen molar-refractivity contribution in [2.24, 2.45) is 5.16 Å². The van der Waals surface area contributed by atoms with Crippen molar-refractivity contribution in [3.8, 4) is 0 Å². The van der Waals surface area contributed by atoms with Gasteiger partial charge < -0.3 is 5.21 Å². The average molecular weight is 191 g/mol. The molecule has 0 radical (unpaired) electrons. The molecule has 1 N–H and O–H groups in total. The molecule has 1 aliphatic carbocycles. The molecular weight excluding hydrogens is 178 g/mol. The highest BCUT2D eigenvalue weighted by atomic mass is 32.2. The molecule has 1 aliphatic rings. The molecule has 0 aromatic rings. The van der Waals surface area contributed by atoms with E-state index < -0.39 is 15.1 Å². The number of hydrogen-bond donors (Lipinski definition) is 1. The minimum atomic E-state index is -3.08. The highest BCUT2D eigenvalue weighted by Gasteiger charge is 2.29. The molecule has 1 saturated carbocycles. The number of nitrogens with zero attached hydrogens (tertiary/aromatic N) is 1. The molecule has 12 heavy (non-hydrogen) atoms. The second-order valence-electron chi connectivity index (χ2n) is 3.16. The summed E-state index contributed by atoms with van der Waals surface area (Å²) in [7, 11) is -3.08. The molecule has 4 nitrogen and oxygen atoms in total. The van der Waals surface area contributed by atoms with E-state index in [4.69, 9.17) is 5.21 Å². The van der Waals surface area contributed by atoms with E-state index in [1.807, 2.05) is 0 Å². The summed E-state index contributed by atoms with van der Waals surface area (Å²) in [6.45, 7) is 0. The summed E-state index contributed by atoms with van der Waals surface area (Å²) in [5.41, 5.74) is 0.420. The van der Waals surface area contributed by atoms with Crippen molar-refractivity contribution in [2.75, 3.05) is 6.26 Å². The molecule has 0 spiro atoms. The molecule has 1 atom stereocenters. The molecular formula is C7H13NO3S. The molecule has 70 valence electrons. The van der Waals surface area contributed by atoms with Gasteiger partial charge in [0.2, 0.25) is 0 Å². The van der Waals surface area contributed by atoms with Crippen LogP contribution in [0.1, 0.15) is 25.7 Å². The van der Waals surface area contributed by atoms with Crippen LogP contribution >= 0.6 is 0 Å². The predicted octanol–water partition coefficient (Wildman–Crippen LogP) is 0.804. The van der Waals surface area contributed by atoms with E-state index in [2.05, 4.69) is 5.16 Å². The Hall–Kier alpha value is -0.580. The third-order valence-corrected chi connectivity index (χ3v) is 3.71. The molecule has 0 amide bonds. The largest absolute Gasteiger partial charge is 0.411 e. The van der Waals surface area contributed by atoms with E-state index in [-0.39, 0.29) is 0 Å². The summed E-state index contributed by atoms with van der Waals surface area (Å²) in [5, 5.41) is 11.0. The van der Waals surface area contributed by atoms with Crippen LogP contribution in [-0.4, -0.2) is 30.8 Å². The van der Waals surface area contributed by atoms with E-state index in [1.54, 1.807) is 0 Å². The van der Waals surface area contributed by atoms with Crippen molar-refractivity contribution in [1.29, 1.82) is 0 Å². The van der Waals surface area contributed by atoms with E-state index in [9.17, 15) is 8.42 Å². The Kier molecular flexibility index (Phi) is 2.72. The monoisotopic (exact) mass is 191 g/mol. The second kappa shape index (κ2) is 3.43. The third kappa shape index (κ3) is 1.97. The van der Waals surface area contributed by atoms with Crippen LogP contribution < -0.4 is 0 Å². The van der Waals surface area contributed by atoms with Gasteiger partial charge in [-0.2, -0.15) is 0 Å². The van der Waals surface area contributed by atoms with Gasteiger partial charge in [0.25, 0.3) is 0 Å². The summed E-state index contributed by atoms with van der Waals surface area (Å²) in [6.07, 6.45) is 4.21. The summed E-state index contributed by atoms with van der Waals surface area (Å²) in [5.74, 6) is 0. The van der Waals surface area contributed by atoms with E-state index in [0.717, 1.165) is 12.8 Å². The van der Waals surface area contributed by atoms with Gasteiger partial charge in [-0.3, -0.25) is 0 Å². The van der Waals surface area contributed by atoms with Crippen LogP contribution in [0.25, 0.3) is 0 Å². The fraction of sp³-hybridized carbons (Fsp3) is 0.857. The second-order valence-corrected chi connectivity index (χ2v) is 5.38. The highest BCUT2D eigenvalue weighted by molar-refractivity contribution is 7.92. The van der Waals surface area contributed by atoms with E-state index >= 15 is 0 Å². The van der Waals surface area contributed by atoms with Gasteiger partial charge in [0.1, 0.15) is 5.25 Å². The molecule has 0 saturated heterocycles. The van der Waals surface area contributed by atoms with Crippen LogP contribution in [0.3, 0.4) is 0 Å². The lowest BCUT2D eigenvalue weighted by atomic mass is 9.98. The molecule has 0 bridgehead atoms. The van der Waals surface area contributed by atoms with Crippen LogP contribution in [0.4, 0.5) is 0 Å². The van der Waals surface area contributed by atoms with Gasteiger partial charge in [-0.25, -0.2) is 8.42 Å². The molecule has 0 aromatic carbocycles. The zero-order valence-electron chi connectivity index (χ0n) is 7.02. The first-order valence-corrected chi connectivity index (χ1v) is 5.91. The first kappa shape index (κ1) is 9.51. The number of sulfone groups is 1. The van der Waals surface area contributed by atoms with Crippen LogP contribution in [0, 0.1) is 0 Å². The number of rotatable bonds is 1. The van der Waals surface area contributed by atoms with Crippen LogP contribution in [-0.2, 0) is 9.84 Å². The van der Waals surface area contributed by atoms with Gasteiger partial charge in [0.05, 0.1) is 5.71 Å². The fourth-order valence-electron chi connectivity index (χ4n) is 1.54. The highest BCUT2D eigenvalue weighted by Crippen LogP contribution is 2.21. The van der Waals surface area contributed by atoms with Gasteiger partial charge in [-0.05, 0) is 19.3 Å². The summed E-state index contributed by atoms with van der Waals surface area (Å²) in [6, 6.07) is 0. The molecule has 5 heteroatoms. The van der Waals surface area contributed by atoms with Gasteiger partial charge >= 0.3 is 0 Å². The zero-order valence-corrected chi connectivity index (χ0v) is 7.84. The SMILES string of the molecule is CS(=O)(=O)C1CCCC/C1=N/O. The topological polar surface area (TPSA) is 66.7 Å². The van der Waals surface area contributed by atoms with Gasteiger partial charge in [0, 0.05) is 6.26 Å². The summed E-state index contributed by atoms with van der Waals surface area (Å²) in [4.78, 5) is 0. The normalized spacial score (nSPS) is 29.1. The molecule has 1 fully saturated rings. The predicted molar refractivity (Wildman–Crippen MR) is 46.3 cm³/mol. The van der Waals surface area contributed by atoms with Crippen LogP contribution in [0.2, 0.25) is 0 Å². The maximum absolute atomic E-state index is 11.2. The van der Waals surface area contributed by atoms with Crippen molar-refractivity contribution in [1.82, 2.24) is 0 Å². The van der Waals surface area contributed by atoms with Crippen molar-refractivity contribution >= 4 is 15.5 Å². The quantitative estimate of drug-likeness (QED) is 0.492. The molecule has 0 aromatic heterocycles. The first-order chi connectivity index (χ1) is 5.55. The minimum absolute atomic E-state index is 0.420. The maximum atomic E-state index is 11.2. The fourth-order valence-corrected chi connectivity index (χ4v) is 2.79. The molecule has 1 unspecified atom stereocenters. The Morgan fingerprint density at radius 3 is 2.58 bits per heavy atom. The Labute approximate surface area is 72.2 Å². The lowest BCUT2D eigenvalue weighted by Gasteiger charge is -2.20. The first-order valence-electron chi connectivity index (χ1n) is 3.95. The number of hydrogen-bond acceptors (Lipinski definition) is 4. The lowest BCUT2D eigenvalue weighted by Crippen LogP contribution is -2.32. The lowest BCUT2D eigenvalue weighted by molar-refractivity contribution is 0.314. The van der Waals surface area contributed by atoms with Crippen molar-refractivity contribution in [3.63, 3.8) is 0 Å². The average Bonchev–Trinajstić information content (AvgIpc) is 2.03. The Bertz CT molecular complexity index is 281. The molecule has 1 rings (SSSR count). The zero-order chi connectivity index (χ0) is 9.19. The Balaban J connectivity index is 2.87. The van der Waals surface area contributed by atoms with Crippen LogP contribution in [0.15, 0.2) is 5.16 Å². The Morgan fingerprint density at radius 2 is 2.17 bits per heavy atom. The van der Waals surface area contributed by atoms with Crippen molar-refractivity contribution in [2.45, 2.75) is 30.9 Å².